The molecule has 0 bridgehead atoms. The Balaban J connectivity index is 2.47. The first-order chi connectivity index (χ1) is 7.13. The summed E-state index contributed by atoms with van der Waals surface area (Å²) < 4.78 is 10.8. The molecule has 3 nitrogen and oxygen atoms in total. The summed E-state index contributed by atoms with van der Waals surface area (Å²) in [6, 6.07) is 7.32. The average molecular weight is 271 g/mol. The molecule has 0 atom stereocenters. The minimum Gasteiger partial charge on any atom is -0.489 e. The van der Waals surface area contributed by atoms with E-state index >= 15 is 0 Å². The van der Waals surface area contributed by atoms with Crippen LogP contribution in [0.5, 0.6) is 5.75 Å². The Morgan fingerprint density at radius 1 is 1.40 bits per heavy atom. The van der Waals surface area contributed by atoms with Crippen molar-refractivity contribution in [1.29, 1.82) is 0 Å². The van der Waals surface area contributed by atoms with Crippen molar-refractivity contribution >= 4 is 21.9 Å². The van der Waals surface area contributed by atoms with Crippen molar-refractivity contribution < 1.29 is 14.3 Å². The van der Waals surface area contributed by atoms with E-state index in [4.69, 9.17) is 4.74 Å². The quantitative estimate of drug-likeness (QED) is 0.623. The minimum atomic E-state index is -0.452. The molecular formula is C11H11BrO3. The SMILES string of the molecule is C=C(COc1ccc(Br)cc1)C(=O)OC. The van der Waals surface area contributed by atoms with Crippen LogP contribution in [0.4, 0.5) is 0 Å². The van der Waals surface area contributed by atoms with Crippen molar-refractivity contribution in [1.82, 2.24) is 0 Å². The molecule has 1 aromatic rings. The lowest BCUT2D eigenvalue weighted by Gasteiger charge is -2.06. The fourth-order valence-corrected chi connectivity index (χ4v) is 1.17. The molecule has 80 valence electrons. The molecule has 0 radical (unpaired) electrons. The number of hydrogen-bond acceptors (Lipinski definition) is 3. The highest BCUT2D eigenvalue weighted by atomic mass is 79.9. The van der Waals surface area contributed by atoms with Crippen LogP contribution in [0.1, 0.15) is 0 Å². The summed E-state index contributed by atoms with van der Waals surface area (Å²) in [7, 11) is 1.31. The zero-order chi connectivity index (χ0) is 11.3. The molecule has 0 fully saturated rings. The standard InChI is InChI=1S/C11H11BrO3/c1-8(11(13)14-2)7-15-10-5-3-9(12)4-6-10/h3-6H,1,7H2,2H3. The smallest absolute Gasteiger partial charge is 0.336 e. The molecule has 0 aliphatic rings. The fraction of sp³-hybridized carbons (Fsp3) is 0.182. The monoisotopic (exact) mass is 270 g/mol. The maximum Gasteiger partial charge on any atom is 0.336 e. The van der Waals surface area contributed by atoms with Crippen LogP contribution in [0.2, 0.25) is 0 Å². The molecule has 0 N–H and O–H groups in total. The Kier molecular flexibility index (Phi) is 4.37. The number of halogens is 1. The molecule has 0 saturated heterocycles. The van der Waals surface area contributed by atoms with Crippen LogP contribution in [0.25, 0.3) is 0 Å². The van der Waals surface area contributed by atoms with E-state index in [-0.39, 0.29) is 6.61 Å². The zero-order valence-corrected chi connectivity index (χ0v) is 9.91. The van der Waals surface area contributed by atoms with Crippen molar-refractivity contribution in [3.63, 3.8) is 0 Å². The van der Waals surface area contributed by atoms with Gasteiger partial charge < -0.3 is 9.47 Å². The second-order valence-electron chi connectivity index (χ2n) is 2.84. The molecule has 0 aliphatic carbocycles. The van der Waals surface area contributed by atoms with E-state index in [1.807, 2.05) is 12.1 Å². The van der Waals surface area contributed by atoms with Crippen molar-refractivity contribution in [3.8, 4) is 5.75 Å². The number of hydrogen-bond donors (Lipinski definition) is 0. The van der Waals surface area contributed by atoms with Gasteiger partial charge in [0.2, 0.25) is 0 Å². The normalized spacial score (nSPS) is 9.47. The van der Waals surface area contributed by atoms with Gasteiger partial charge in [0.1, 0.15) is 12.4 Å². The van der Waals surface area contributed by atoms with Gasteiger partial charge in [0.25, 0.3) is 0 Å². The first-order valence-electron chi connectivity index (χ1n) is 4.28. The van der Waals surface area contributed by atoms with E-state index in [9.17, 15) is 4.79 Å². The Hall–Kier alpha value is -1.29. The van der Waals surface area contributed by atoms with Gasteiger partial charge in [-0.25, -0.2) is 4.79 Å². The molecular weight excluding hydrogens is 260 g/mol. The predicted octanol–water partition coefficient (Wildman–Crippen LogP) is 2.56. The number of ether oxygens (including phenoxy) is 2. The van der Waals surface area contributed by atoms with Crippen molar-refractivity contribution in [2.75, 3.05) is 13.7 Å². The first kappa shape index (κ1) is 11.8. The van der Waals surface area contributed by atoms with Gasteiger partial charge in [0.05, 0.1) is 12.7 Å². The van der Waals surface area contributed by atoms with Crippen LogP contribution >= 0.6 is 15.9 Å². The summed E-state index contributed by atoms with van der Waals surface area (Å²) >= 11 is 3.31. The zero-order valence-electron chi connectivity index (χ0n) is 8.33. The predicted molar refractivity (Wildman–Crippen MR) is 60.8 cm³/mol. The van der Waals surface area contributed by atoms with Crippen LogP contribution < -0.4 is 4.74 Å². The van der Waals surface area contributed by atoms with Gasteiger partial charge in [-0.15, -0.1) is 0 Å². The Labute approximate surface area is 96.8 Å². The topological polar surface area (TPSA) is 35.5 Å². The molecule has 0 amide bonds. The third-order valence-electron chi connectivity index (χ3n) is 1.70. The van der Waals surface area contributed by atoms with Gasteiger partial charge in [-0.2, -0.15) is 0 Å². The van der Waals surface area contributed by atoms with Gasteiger partial charge in [0.15, 0.2) is 0 Å². The van der Waals surface area contributed by atoms with Crippen LogP contribution in [0, 0.1) is 0 Å². The van der Waals surface area contributed by atoms with Gasteiger partial charge in [-0.1, -0.05) is 22.5 Å². The molecule has 4 heteroatoms. The molecule has 0 saturated carbocycles. The van der Waals surface area contributed by atoms with Gasteiger partial charge in [-0.05, 0) is 24.3 Å². The van der Waals surface area contributed by atoms with Crippen molar-refractivity contribution in [3.05, 3.63) is 40.9 Å². The third-order valence-corrected chi connectivity index (χ3v) is 2.23. The van der Waals surface area contributed by atoms with E-state index in [1.165, 1.54) is 7.11 Å². The second-order valence-corrected chi connectivity index (χ2v) is 3.75. The van der Waals surface area contributed by atoms with Gasteiger partial charge in [-0.3, -0.25) is 0 Å². The molecule has 1 rings (SSSR count). The van der Waals surface area contributed by atoms with Crippen molar-refractivity contribution in [2.24, 2.45) is 0 Å². The average Bonchev–Trinajstić information content (AvgIpc) is 2.26. The van der Waals surface area contributed by atoms with E-state index in [0.717, 1.165) is 4.47 Å². The summed E-state index contributed by atoms with van der Waals surface area (Å²) in [5.74, 6) is 0.232. The van der Waals surface area contributed by atoms with Crippen LogP contribution in [0.3, 0.4) is 0 Å². The highest BCUT2D eigenvalue weighted by molar-refractivity contribution is 9.10. The summed E-state index contributed by atoms with van der Waals surface area (Å²) in [5, 5.41) is 0. The molecule has 0 aliphatic heterocycles. The molecule has 0 unspecified atom stereocenters. The Bertz CT molecular complexity index is 357. The number of carbonyl (C=O) groups excluding carboxylic acids is 1. The van der Waals surface area contributed by atoms with Crippen LogP contribution in [0.15, 0.2) is 40.9 Å². The molecule has 1 aromatic carbocycles. The first-order valence-corrected chi connectivity index (χ1v) is 5.07. The summed E-state index contributed by atoms with van der Waals surface area (Å²) in [6.07, 6.45) is 0. The third kappa shape index (κ3) is 3.75. The molecule has 15 heavy (non-hydrogen) atoms. The number of esters is 1. The molecule has 0 spiro atoms. The van der Waals surface area contributed by atoms with Crippen molar-refractivity contribution in [2.45, 2.75) is 0 Å². The van der Waals surface area contributed by atoms with Gasteiger partial charge >= 0.3 is 5.97 Å². The molecule has 0 aromatic heterocycles. The van der Waals surface area contributed by atoms with E-state index in [0.29, 0.717) is 11.3 Å². The number of methoxy groups -OCH3 is 1. The van der Waals surface area contributed by atoms with E-state index < -0.39 is 5.97 Å². The summed E-state index contributed by atoms with van der Waals surface area (Å²) in [4.78, 5) is 11.0. The highest BCUT2D eigenvalue weighted by Crippen LogP contribution is 2.16. The lowest BCUT2D eigenvalue weighted by Crippen LogP contribution is -2.11. The number of rotatable bonds is 4. The maximum absolute atomic E-state index is 11.0. The van der Waals surface area contributed by atoms with Crippen LogP contribution in [-0.4, -0.2) is 19.7 Å². The lowest BCUT2D eigenvalue weighted by atomic mass is 10.3. The van der Waals surface area contributed by atoms with E-state index in [2.05, 4.69) is 27.2 Å². The van der Waals surface area contributed by atoms with E-state index in [1.54, 1.807) is 12.1 Å². The minimum absolute atomic E-state index is 0.133. The maximum atomic E-state index is 11.0. The highest BCUT2D eigenvalue weighted by Gasteiger charge is 2.06. The summed E-state index contributed by atoms with van der Waals surface area (Å²) in [6.45, 7) is 3.68. The Morgan fingerprint density at radius 3 is 2.53 bits per heavy atom. The van der Waals surface area contributed by atoms with Crippen LogP contribution in [-0.2, 0) is 9.53 Å². The number of carbonyl (C=O) groups is 1. The molecule has 0 heterocycles. The lowest BCUT2D eigenvalue weighted by molar-refractivity contribution is -0.136. The number of benzene rings is 1. The second kappa shape index (κ2) is 5.56. The van der Waals surface area contributed by atoms with Gasteiger partial charge in [0, 0.05) is 4.47 Å². The Morgan fingerprint density at radius 2 is 2.00 bits per heavy atom. The fourth-order valence-electron chi connectivity index (χ4n) is 0.905. The summed E-state index contributed by atoms with van der Waals surface area (Å²) in [5.41, 5.74) is 0.292. The largest absolute Gasteiger partial charge is 0.489 e.